The number of anilines is 3. The van der Waals surface area contributed by atoms with Crippen molar-refractivity contribution in [1.29, 1.82) is 0 Å². The number of nitrogen functional groups attached to an aromatic ring is 2. The van der Waals surface area contributed by atoms with E-state index in [1.54, 1.807) is 29.2 Å². The van der Waals surface area contributed by atoms with E-state index in [1.807, 2.05) is 13.8 Å². The highest BCUT2D eigenvalue weighted by Gasteiger charge is 2.44. The molecule has 0 unspecified atom stereocenters. The average molecular weight is 329 g/mol. The minimum absolute atomic E-state index is 0.0706. The third-order valence-corrected chi connectivity index (χ3v) is 4.50. The molecule has 1 amide bonds. The fraction of sp³-hybridized carbons (Fsp3) is 0.278. The Labute approximate surface area is 140 Å². The maximum absolute atomic E-state index is 13.9. The number of nitrogens with two attached hydrogens (primary N) is 2. The topological polar surface area (TPSA) is 81.6 Å². The lowest BCUT2D eigenvalue weighted by Gasteiger charge is -2.20. The van der Waals surface area contributed by atoms with Gasteiger partial charge in [-0.1, -0.05) is 6.07 Å². The normalized spacial score (nSPS) is 15.5. The molecule has 24 heavy (non-hydrogen) atoms. The van der Waals surface area contributed by atoms with Crippen LogP contribution in [0.15, 0.2) is 30.3 Å². The number of carbonyl (C=O) groups excluding carboxylic acids is 1. The Morgan fingerprint density at radius 2 is 1.83 bits per heavy atom. The van der Waals surface area contributed by atoms with Crippen molar-refractivity contribution in [2.24, 2.45) is 0 Å². The molecule has 0 atom stereocenters. The van der Waals surface area contributed by atoms with Gasteiger partial charge in [-0.15, -0.1) is 0 Å². The van der Waals surface area contributed by atoms with Gasteiger partial charge >= 0.3 is 0 Å². The molecule has 2 aromatic carbocycles. The summed E-state index contributed by atoms with van der Waals surface area (Å²) in [6.07, 6.45) is 0. The molecule has 0 fully saturated rings. The third kappa shape index (κ3) is 2.35. The number of benzene rings is 2. The molecule has 0 spiro atoms. The summed E-state index contributed by atoms with van der Waals surface area (Å²) in [6, 6.07) is 8.11. The van der Waals surface area contributed by atoms with Crippen molar-refractivity contribution in [1.82, 2.24) is 0 Å². The van der Waals surface area contributed by atoms with Crippen LogP contribution < -0.4 is 21.1 Å². The van der Waals surface area contributed by atoms with Gasteiger partial charge < -0.3 is 21.1 Å². The van der Waals surface area contributed by atoms with Gasteiger partial charge in [0.25, 0.3) is 0 Å². The van der Waals surface area contributed by atoms with Crippen molar-refractivity contribution >= 4 is 23.0 Å². The van der Waals surface area contributed by atoms with Crippen LogP contribution in [-0.4, -0.2) is 13.0 Å². The fourth-order valence-corrected chi connectivity index (χ4v) is 3.05. The molecule has 0 saturated carbocycles. The molecule has 1 aliphatic heterocycles. The van der Waals surface area contributed by atoms with Crippen molar-refractivity contribution in [3.05, 3.63) is 47.3 Å². The smallest absolute Gasteiger partial charge is 0.237 e. The number of methoxy groups -OCH3 is 1. The zero-order valence-electron chi connectivity index (χ0n) is 13.9. The molecule has 0 bridgehead atoms. The van der Waals surface area contributed by atoms with Crippen LogP contribution in [0.1, 0.15) is 25.0 Å². The number of halogens is 1. The van der Waals surface area contributed by atoms with Gasteiger partial charge in [-0.3, -0.25) is 4.79 Å². The maximum Gasteiger partial charge on any atom is 0.237 e. The molecule has 5 nitrogen and oxygen atoms in total. The SMILES string of the molecule is COc1ccc(CN2C(=O)C(C)(C)c3cc(N)c(N)cc32)cc1F. The predicted molar refractivity (Wildman–Crippen MR) is 92.4 cm³/mol. The first kappa shape index (κ1) is 16.1. The van der Waals surface area contributed by atoms with E-state index in [1.165, 1.54) is 13.2 Å². The Kier molecular flexibility index (Phi) is 3.63. The summed E-state index contributed by atoms with van der Waals surface area (Å²) in [5.74, 6) is -0.360. The van der Waals surface area contributed by atoms with Crippen LogP contribution in [0.5, 0.6) is 5.75 Å². The fourth-order valence-electron chi connectivity index (χ4n) is 3.05. The zero-order chi connectivity index (χ0) is 17.6. The third-order valence-electron chi connectivity index (χ3n) is 4.50. The summed E-state index contributed by atoms with van der Waals surface area (Å²) >= 11 is 0. The van der Waals surface area contributed by atoms with E-state index >= 15 is 0 Å². The van der Waals surface area contributed by atoms with E-state index in [4.69, 9.17) is 16.2 Å². The standard InChI is InChI=1S/C18H20FN3O2/c1-18(2)11-7-13(20)14(21)8-15(11)22(17(18)23)9-10-4-5-16(24-3)12(19)6-10/h4-8H,9,20-21H2,1-3H3. The summed E-state index contributed by atoms with van der Waals surface area (Å²) in [6.45, 7) is 3.94. The van der Waals surface area contributed by atoms with Crippen LogP contribution in [0.25, 0.3) is 0 Å². The molecule has 1 heterocycles. The summed E-state index contributed by atoms with van der Waals surface area (Å²) in [5.41, 5.74) is 14.2. The molecule has 4 N–H and O–H groups in total. The minimum Gasteiger partial charge on any atom is -0.494 e. The van der Waals surface area contributed by atoms with Crippen molar-refractivity contribution < 1.29 is 13.9 Å². The van der Waals surface area contributed by atoms with E-state index in [0.717, 1.165) is 5.56 Å². The van der Waals surface area contributed by atoms with E-state index in [-0.39, 0.29) is 18.2 Å². The second-order valence-electron chi connectivity index (χ2n) is 6.48. The highest BCUT2D eigenvalue weighted by molar-refractivity contribution is 6.08. The quantitative estimate of drug-likeness (QED) is 0.849. The van der Waals surface area contributed by atoms with Crippen molar-refractivity contribution in [3.8, 4) is 5.75 Å². The number of fused-ring (bicyclic) bond motifs is 1. The van der Waals surface area contributed by atoms with Gasteiger partial charge in [0.05, 0.1) is 36.1 Å². The zero-order valence-corrected chi connectivity index (χ0v) is 13.9. The first-order chi connectivity index (χ1) is 11.3. The molecule has 0 radical (unpaired) electrons. The highest BCUT2D eigenvalue weighted by Crippen LogP contribution is 2.44. The molecule has 6 heteroatoms. The number of hydrogen-bond acceptors (Lipinski definition) is 4. The lowest BCUT2D eigenvalue weighted by molar-refractivity contribution is -0.122. The molecule has 3 rings (SSSR count). The van der Waals surface area contributed by atoms with E-state index in [0.29, 0.717) is 22.6 Å². The Balaban J connectivity index is 2.02. The Hall–Kier alpha value is -2.76. The second-order valence-corrected chi connectivity index (χ2v) is 6.48. The lowest BCUT2D eigenvalue weighted by atomic mass is 9.86. The van der Waals surface area contributed by atoms with Gasteiger partial charge in [-0.2, -0.15) is 0 Å². The Morgan fingerprint density at radius 3 is 2.46 bits per heavy atom. The summed E-state index contributed by atoms with van der Waals surface area (Å²) in [7, 11) is 1.41. The first-order valence-corrected chi connectivity index (χ1v) is 7.59. The monoisotopic (exact) mass is 329 g/mol. The molecule has 0 aliphatic carbocycles. The number of ether oxygens (including phenoxy) is 1. The summed E-state index contributed by atoms with van der Waals surface area (Å²) < 4.78 is 18.8. The van der Waals surface area contributed by atoms with Crippen LogP contribution in [0.3, 0.4) is 0 Å². The van der Waals surface area contributed by atoms with Gasteiger partial charge in [0, 0.05) is 0 Å². The molecular weight excluding hydrogens is 309 g/mol. The largest absolute Gasteiger partial charge is 0.494 e. The summed E-state index contributed by atoms with van der Waals surface area (Å²) in [4.78, 5) is 14.5. The first-order valence-electron chi connectivity index (χ1n) is 7.59. The molecule has 2 aromatic rings. The van der Waals surface area contributed by atoms with E-state index < -0.39 is 11.2 Å². The van der Waals surface area contributed by atoms with E-state index in [2.05, 4.69) is 0 Å². The van der Waals surface area contributed by atoms with Crippen LogP contribution >= 0.6 is 0 Å². The van der Waals surface area contributed by atoms with Crippen LogP contribution in [0.4, 0.5) is 21.5 Å². The summed E-state index contributed by atoms with van der Waals surface area (Å²) in [5, 5.41) is 0. The number of nitrogens with zero attached hydrogens (tertiary/aromatic N) is 1. The van der Waals surface area contributed by atoms with Gasteiger partial charge in [0.1, 0.15) is 0 Å². The van der Waals surface area contributed by atoms with Gasteiger partial charge in [-0.05, 0) is 49.2 Å². The van der Waals surface area contributed by atoms with Crippen LogP contribution in [-0.2, 0) is 16.8 Å². The van der Waals surface area contributed by atoms with Crippen molar-refractivity contribution in [2.75, 3.05) is 23.5 Å². The second kappa shape index (κ2) is 5.40. The molecular formula is C18H20FN3O2. The lowest BCUT2D eigenvalue weighted by Crippen LogP contribution is -2.35. The number of hydrogen-bond donors (Lipinski definition) is 2. The van der Waals surface area contributed by atoms with Gasteiger partial charge in [0.15, 0.2) is 11.6 Å². The molecule has 126 valence electrons. The van der Waals surface area contributed by atoms with Crippen LogP contribution in [0.2, 0.25) is 0 Å². The van der Waals surface area contributed by atoms with Crippen molar-refractivity contribution in [3.63, 3.8) is 0 Å². The molecule has 0 aromatic heterocycles. The number of carbonyl (C=O) groups is 1. The highest BCUT2D eigenvalue weighted by atomic mass is 19.1. The molecule has 0 saturated heterocycles. The Bertz CT molecular complexity index is 833. The molecule has 1 aliphatic rings. The predicted octanol–water partition coefficient (Wildman–Crippen LogP) is 2.82. The van der Waals surface area contributed by atoms with Crippen LogP contribution in [0, 0.1) is 5.82 Å². The average Bonchev–Trinajstić information content (AvgIpc) is 2.70. The van der Waals surface area contributed by atoms with Gasteiger partial charge in [0.2, 0.25) is 5.91 Å². The van der Waals surface area contributed by atoms with E-state index in [9.17, 15) is 9.18 Å². The minimum atomic E-state index is -0.706. The maximum atomic E-state index is 13.9. The number of rotatable bonds is 3. The van der Waals surface area contributed by atoms with Gasteiger partial charge in [-0.25, -0.2) is 4.39 Å². The Morgan fingerprint density at radius 1 is 1.17 bits per heavy atom. The van der Waals surface area contributed by atoms with Crippen molar-refractivity contribution in [2.45, 2.75) is 25.8 Å². The number of amides is 1.